The number of aromatic nitrogens is 2. The Morgan fingerprint density at radius 3 is 2.34 bits per heavy atom. The minimum absolute atomic E-state index is 0.0264. The molecule has 0 spiro atoms. The molecule has 2 aliphatic rings. The number of aromatic amines is 1. The van der Waals surface area contributed by atoms with Gasteiger partial charge in [0.2, 0.25) is 5.91 Å². The highest BCUT2D eigenvalue weighted by molar-refractivity contribution is 5.80. The number of H-pyrrole nitrogens is 1. The number of carbonyl (C=O) groups excluding carboxylic acids is 1. The summed E-state index contributed by atoms with van der Waals surface area (Å²) < 4.78 is 15.5. The number of hydrogen-bond donors (Lipinski definition) is 4. The van der Waals surface area contributed by atoms with Gasteiger partial charge in [0.05, 0.1) is 36.3 Å². The van der Waals surface area contributed by atoms with Crippen LogP contribution in [0.1, 0.15) is 73.3 Å². The van der Waals surface area contributed by atoms with Gasteiger partial charge in [0.1, 0.15) is 0 Å². The van der Waals surface area contributed by atoms with E-state index in [1.54, 1.807) is 0 Å². The number of amides is 1. The summed E-state index contributed by atoms with van der Waals surface area (Å²) in [7, 11) is 0. The van der Waals surface area contributed by atoms with Crippen molar-refractivity contribution in [3.63, 3.8) is 0 Å². The zero-order valence-electron chi connectivity index (χ0n) is 29.8. The molecule has 11 heteroatoms. The number of rotatable bonds is 12. The normalized spacial score (nSPS) is 21.1. The summed E-state index contributed by atoms with van der Waals surface area (Å²) in [6.07, 6.45) is 0.452. The van der Waals surface area contributed by atoms with Crippen LogP contribution in [0.25, 0.3) is 22.2 Å². The number of likely N-dealkylation sites (tertiary alicyclic amines) is 1. The number of carboxylic acid groups (broad SMARTS) is 1. The van der Waals surface area contributed by atoms with Gasteiger partial charge in [-0.05, 0) is 64.9 Å². The first kappa shape index (κ1) is 36.3. The van der Waals surface area contributed by atoms with Crippen molar-refractivity contribution in [3.8, 4) is 11.1 Å². The summed E-state index contributed by atoms with van der Waals surface area (Å²) >= 11 is 0. The average molecular weight is 719 g/mol. The summed E-state index contributed by atoms with van der Waals surface area (Å²) in [6.45, 7) is 4.86. The SMILES string of the molecule is C[C@H]1[C@@H](CN2CCC(n3c(=O)[nH]c4ccccc43)CC2)O[C@@H](c2cccc(-c3cccc(CNC(=O)CCC(=O)O)c3)c2)O[C@H]1c1ccc(CO)cc1. The first-order valence-electron chi connectivity index (χ1n) is 18.4. The van der Waals surface area contributed by atoms with Crippen LogP contribution in [-0.2, 0) is 32.2 Å². The Kier molecular flexibility index (Phi) is 11.2. The number of fused-ring (bicyclic) bond motifs is 1. The van der Waals surface area contributed by atoms with Crippen LogP contribution < -0.4 is 11.0 Å². The number of benzene rings is 4. The molecule has 2 fully saturated rings. The molecule has 4 aromatic carbocycles. The van der Waals surface area contributed by atoms with Crippen molar-refractivity contribution in [2.45, 2.75) is 70.3 Å². The van der Waals surface area contributed by atoms with Crippen LogP contribution >= 0.6 is 0 Å². The van der Waals surface area contributed by atoms with Gasteiger partial charge in [-0.2, -0.15) is 0 Å². The standard InChI is InChI=1S/C42H46N4O7/c1-27-37(25-45-20-18-34(19-21-45)46-36-11-3-2-10-35(36)44-42(46)51)52-41(53-40(27)30-14-12-28(26-47)13-15-30)33-9-5-8-32(23-33)31-7-4-6-29(22-31)24-43-38(48)16-17-39(49)50/h2-15,22-23,27,34,37,40-41,47H,16-21,24-26H2,1H3,(H,43,48)(H,44,51)(H,49,50)/t27-,37+,40+,41+/m0/s1. The lowest BCUT2D eigenvalue weighted by molar-refractivity contribution is -0.276. The van der Waals surface area contributed by atoms with Gasteiger partial charge in [-0.25, -0.2) is 4.79 Å². The number of aliphatic hydroxyl groups excluding tert-OH is 1. The Bertz CT molecular complexity index is 2100. The number of nitrogens with one attached hydrogen (secondary N) is 2. The van der Waals surface area contributed by atoms with Gasteiger partial charge in [-0.1, -0.05) is 79.7 Å². The molecule has 0 bridgehead atoms. The summed E-state index contributed by atoms with van der Waals surface area (Å²) in [4.78, 5) is 41.3. The number of hydrogen-bond acceptors (Lipinski definition) is 7. The quantitative estimate of drug-likeness (QED) is 0.121. The molecule has 3 heterocycles. The topological polar surface area (TPSA) is 146 Å². The van der Waals surface area contributed by atoms with E-state index in [4.69, 9.17) is 14.6 Å². The van der Waals surface area contributed by atoms with Gasteiger partial charge in [0.25, 0.3) is 0 Å². The van der Waals surface area contributed by atoms with E-state index in [1.165, 1.54) is 0 Å². The van der Waals surface area contributed by atoms with Crippen molar-refractivity contribution in [2.75, 3.05) is 19.6 Å². The van der Waals surface area contributed by atoms with Gasteiger partial charge < -0.3 is 34.9 Å². The number of piperidine rings is 1. The molecule has 0 unspecified atom stereocenters. The van der Waals surface area contributed by atoms with Crippen LogP contribution in [0.3, 0.4) is 0 Å². The van der Waals surface area contributed by atoms with Crippen molar-refractivity contribution in [2.24, 2.45) is 5.92 Å². The highest BCUT2D eigenvalue weighted by Crippen LogP contribution is 2.43. The van der Waals surface area contributed by atoms with E-state index in [2.05, 4.69) is 28.2 Å². The Morgan fingerprint density at radius 1 is 0.849 bits per heavy atom. The first-order chi connectivity index (χ1) is 25.7. The van der Waals surface area contributed by atoms with Gasteiger partial charge in [0.15, 0.2) is 6.29 Å². The fourth-order valence-corrected chi connectivity index (χ4v) is 7.61. The number of aliphatic carboxylic acids is 1. The Balaban J connectivity index is 1.08. The predicted octanol–water partition coefficient (Wildman–Crippen LogP) is 6.10. The molecule has 0 aliphatic carbocycles. The maximum absolute atomic E-state index is 12.9. The molecular weight excluding hydrogens is 672 g/mol. The smallest absolute Gasteiger partial charge is 0.326 e. The highest BCUT2D eigenvalue weighted by Gasteiger charge is 2.40. The lowest BCUT2D eigenvalue weighted by Gasteiger charge is -2.44. The third-order valence-electron chi connectivity index (χ3n) is 10.6. The second-order valence-corrected chi connectivity index (χ2v) is 14.2. The van der Waals surface area contributed by atoms with Crippen LogP contribution in [0, 0.1) is 5.92 Å². The average Bonchev–Trinajstić information content (AvgIpc) is 3.53. The second kappa shape index (κ2) is 16.3. The van der Waals surface area contributed by atoms with Crippen LogP contribution in [0.2, 0.25) is 0 Å². The van der Waals surface area contributed by atoms with Gasteiger partial charge >= 0.3 is 11.7 Å². The second-order valence-electron chi connectivity index (χ2n) is 14.2. The van der Waals surface area contributed by atoms with Gasteiger partial charge in [-0.3, -0.25) is 14.2 Å². The number of aliphatic hydroxyl groups is 1. The van der Waals surface area contributed by atoms with E-state index in [-0.39, 0.29) is 55.2 Å². The molecule has 7 rings (SSSR count). The molecular formula is C42H46N4O7. The van der Waals surface area contributed by atoms with E-state index < -0.39 is 12.3 Å². The number of ether oxygens (including phenoxy) is 2. The Hall–Kier alpha value is -5.07. The molecule has 0 radical (unpaired) electrons. The monoisotopic (exact) mass is 718 g/mol. The maximum atomic E-state index is 12.9. The van der Waals surface area contributed by atoms with E-state index in [0.717, 1.165) is 76.9 Å². The summed E-state index contributed by atoms with van der Waals surface area (Å²) in [5, 5.41) is 21.4. The highest BCUT2D eigenvalue weighted by atomic mass is 16.7. The van der Waals surface area contributed by atoms with E-state index in [1.807, 2.05) is 95.6 Å². The number of carboxylic acids is 1. The third kappa shape index (κ3) is 8.44. The zero-order valence-corrected chi connectivity index (χ0v) is 29.8. The van der Waals surface area contributed by atoms with Crippen molar-refractivity contribution in [1.82, 2.24) is 19.8 Å². The molecule has 0 saturated carbocycles. The van der Waals surface area contributed by atoms with Crippen LogP contribution in [0.5, 0.6) is 0 Å². The number of imidazole rings is 1. The van der Waals surface area contributed by atoms with Gasteiger partial charge in [-0.15, -0.1) is 0 Å². The molecule has 2 saturated heterocycles. The number of carbonyl (C=O) groups is 2. The zero-order chi connectivity index (χ0) is 36.9. The van der Waals surface area contributed by atoms with Crippen molar-refractivity contribution in [3.05, 3.63) is 130 Å². The van der Waals surface area contributed by atoms with Crippen LogP contribution in [0.4, 0.5) is 0 Å². The van der Waals surface area contributed by atoms with Crippen molar-refractivity contribution < 1.29 is 29.3 Å². The van der Waals surface area contributed by atoms with E-state index >= 15 is 0 Å². The fraction of sp³-hybridized carbons (Fsp3) is 0.357. The summed E-state index contributed by atoms with van der Waals surface area (Å²) in [5.74, 6) is -1.27. The van der Waals surface area contributed by atoms with E-state index in [9.17, 15) is 19.5 Å². The van der Waals surface area contributed by atoms with Crippen molar-refractivity contribution >= 4 is 22.9 Å². The fourth-order valence-electron chi connectivity index (χ4n) is 7.61. The number of para-hydroxylation sites is 2. The Labute approximate surface area is 308 Å². The molecule has 5 aromatic rings. The predicted molar refractivity (Wildman–Crippen MR) is 201 cm³/mol. The molecule has 276 valence electrons. The molecule has 4 N–H and O–H groups in total. The molecule has 1 aromatic heterocycles. The van der Waals surface area contributed by atoms with Crippen LogP contribution in [0.15, 0.2) is 102 Å². The minimum Gasteiger partial charge on any atom is -0.481 e. The minimum atomic E-state index is -0.999. The molecule has 1 amide bonds. The summed E-state index contributed by atoms with van der Waals surface area (Å²) in [6, 6.07) is 31.9. The van der Waals surface area contributed by atoms with E-state index in [0.29, 0.717) is 6.54 Å². The maximum Gasteiger partial charge on any atom is 0.326 e. The van der Waals surface area contributed by atoms with Gasteiger partial charge in [0, 0.05) is 50.1 Å². The largest absolute Gasteiger partial charge is 0.481 e. The lowest BCUT2D eigenvalue weighted by Crippen LogP contribution is -2.47. The Morgan fingerprint density at radius 2 is 1.58 bits per heavy atom. The van der Waals surface area contributed by atoms with Crippen molar-refractivity contribution in [1.29, 1.82) is 0 Å². The van der Waals surface area contributed by atoms with Crippen LogP contribution in [-0.4, -0.2) is 62.3 Å². The first-order valence-corrected chi connectivity index (χ1v) is 18.4. The molecule has 53 heavy (non-hydrogen) atoms. The lowest BCUT2D eigenvalue weighted by atomic mass is 9.89. The number of nitrogens with zero attached hydrogens (tertiary/aromatic N) is 2. The summed E-state index contributed by atoms with van der Waals surface area (Å²) in [5.41, 5.74) is 7.36. The molecule has 4 atom stereocenters. The third-order valence-corrected chi connectivity index (χ3v) is 10.6. The molecule has 11 nitrogen and oxygen atoms in total. The molecule has 2 aliphatic heterocycles.